The van der Waals surface area contributed by atoms with Crippen molar-refractivity contribution in [2.24, 2.45) is 11.7 Å². The Labute approximate surface area is 109 Å². The maximum atomic E-state index is 5.64. The number of rotatable bonds is 5. The zero-order valence-electron chi connectivity index (χ0n) is 11.1. The molecule has 1 unspecified atom stereocenters. The van der Waals surface area contributed by atoms with Crippen LogP contribution in [0.25, 0.3) is 10.8 Å². The summed E-state index contributed by atoms with van der Waals surface area (Å²) in [5, 5.41) is 2.50. The van der Waals surface area contributed by atoms with Crippen LogP contribution in [0.3, 0.4) is 0 Å². The van der Waals surface area contributed by atoms with Crippen molar-refractivity contribution in [2.75, 3.05) is 13.7 Å². The molecule has 0 spiro atoms. The molecule has 2 nitrogen and oxygen atoms in total. The first-order valence-corrected chi connectivity index (χ1v) is 6.49. The molecule has 2 rings (SSSR count). The van der Waals surface area contributed by atoms with E-state index in [4.69, 9.17) is 10.5 Å². The van der Waals surface area contributed by atoms with Crippen molar-refractivity contribution in [3.8, 4) is 5.75 Å². The Morgan fingerprint density at radius 1 is 1.11 bits per heavy atom. The van der Waals surface area contributed by atoms with Crippen LogP contribution in [0, 0.1) is 5.92 Å². The number of methoxy groups -OCH3 is 1. The first-order valence-electron chi connectivity index (χ1n) is 6.49. The van der Waals surface area contributed by atoms with Crippen molar-refractivity contribution < 1.29 is 4.74 Å². The van der Waals surface area contributed by atoms with Gasteiger partial charge in [0, 0.05) is 0 Å². The molecule has 0 saturated carbocycles. The van der Waals surface area contributed by atoms with E-state index >= 15 is 0 Å². The monoisotopic (exact) mass is 243 g/mol. The summed E-state index contributed by atoms with van der Waals surface area (Å²) >= 11 is 0. The second-order valence-corrected chi connectivity index (χ2v) is 4.93. The molecule has 0 aliphatic heterocycles. The van der Waals surface area contributed by atoms with Crippen LogP contribution in [-0.4, -0.2) is 13.7 Å². The van der Waals surface area contributed by atoms with E-state index in [0.717, 1.165) is 25.1 Å². The molecule has 1 atom stereocenters. The van der Waals surface area contributed by atoms with Crippen LogP contribution in [0.1, 0.15) is 18.9 Å². The minimum atomic E-state index is 0.594. The summed E-state index contributed by atoms with van der Waals surface area (Å²) in [5.74, 6) is 1.50. The number of aryl methyl sites for hydroxylation is 1. The molecule has 0 saturated heterocycles. The first kappa shape index (κ1) is 12.9. The average Bonchev–Trinajstić information content (AvgIpc) is 2.43. The third kappa shape index (κ3) is 3.02. The van der Waals surface area contributed by atoms with E-state index in [0.29, 0.717) is 5.92 Å². The molecule has 2 heteroatoms. The number of fused-ring (bicyclic) bond motifs is 1. The van der Waals surface area contributed by atoms with Gasteiger partial charge >= 0.3 is 0 Å². The fourth-order valence-corrected chi connectivity index (χ4v) is 2.09. The summed E-state index contributed by atoms with van der Waals surface area (Å²) < 4.78 is 5.23. The van der Waals surface area contributed by atoms with E-state index < -0.39 is 0 Å². The molecule has 0 aliphatic carbocycles. The SMILES string of the molecule is COc1ccc2cc(CCC(C)CN)ccc2c1. The average molecular weight is 243 g/mol. The molecule has 0 aliphatic rings. The van der Waals surface area contributed by atoms with Gasteiger partial charge in [0.1, 0.15) is 5.75 Å². The van der Waals surface area contributed by atoms with Crippen LogP contribution >= 0.6 is 0 Å². The van der Waals surface area contributed by atoms with E-state index in [9.17, 15) is 0 Å². The highest BCUT2D eigenvalue weighted by molar-refractivity contribution is 5.84. The Morgan fingerprint density at radius 3 is 2.56 bits per heavy atom. The van der Waals surface area contributed by atoms with Gasteiger partial charge in [-0.15, -0.1) is 0 Å². The molecule has 18 heavy (non-hydrogen) atoms. The zero-order chi connectivity index (χ0) is 13.0. The van der Waals surface area contributed by atoms with Crippen LogP contribution in [0.5, 0.6) is 5.75 Å². The van der Waals surface area contributed by atoms with Gasteiger partial charge in [-0.3, -0.25) is 0 Å². The Morgan fingerprint density at radius 2 is 1.83 bits per heavy atom. The van der Waals surface area contributed by atoms with Crippen LogP contribution in [-0.2, 0) is 6.42 Å². The molecule has 2 N–H and O–H groups in total. The third-order valence-electron chi connectivity index (χ3n) is 3.44. The molecule has 96 valence electrons. The normalized spacial score (nSPS) is 12.6. The highest BCUT2D eigenvalue weighted by Crippen LogP contribution is 2.22. The van der Waals surface area contributed by atoms with Gasteiger partial charge in [0.2, 0.25) is 0 Å². The topological polar surface area (TPSA) is 35.2 Å². The summed E-state index contributed by atoms with van der Waals surface area (Å²) in [6, 6.07) is 12.8. The van der Waals surface area contributed by atoms with E-state index in [1.165, 1.54) is 16.3 Å². The number of ether oxygens (including phenoxy) is 1. The van der Waals surface area contributed by atoms with Crippen molar-refractivity contribution in [3.63, 3.8) is 0 Å². The summed E-state index contributed by atoms with van der Waals surface area (Å²) in [6.07, 6.45) is 2.25. The Hall–Kier alpha value is -1.54. The number of hydrogen-bond acceptors (Lipinski definition) is 2. The lowest BCUT2D eigenvalue weighted by atomic mass is 9.99. The lowest BCUT2D eigenvalue weighted by Gasteiger charge is -2.09. The number of nitrogens with two attached hydrogens (primary N) is 1. The molecule has 0 heterocycles. The smallest absolute Gasteiger partial charge is 0.119 e. The number of hydrogen-bond donors (Lipinski definition) is 1. The quantitative estimate of drug-likeness (QED) is 0.873. The van der Waals surface area contributed by atoms with Crippen molar-refractivity contribution >= 4 is 10.8 Å². The van der Waals surface area contributed by atoms with Crippen LogP contribution in [0.15, 0.2) is 36.4 Å². The van der Waals surface area contributed by atoms with E-state index in [-0.39, 0.29) is 0 Å². The molecule has 0 fully saturated rings. The summed E-state index contributed by atoms with van der Waals surface area (Å²) in [7, 11) is 1.70. The summed E-state index contributed by atoms with van der Waals surface area (Å²) in [5.41, 5.74) is 7.03. The van der Waals surface area contributed by atoms with Crippen LogP contribution in [0.4, 0.5) is 0 Å². The molecular weight excluding hydrogens is 222 g/mol. The highest BCUT2D eigenvalue weighted by Gasteiger charge is 2.02. The molecule has 0 amide bonds. The van der Waals surface area contributed by atoms with Gasteiger partial charge in [0.15, 0.2) is 0 Å². The second-order valence-electron chi connectivity index (χ2n) is 4.93. The molecule has 0 radical (unpaired) electrons. The van der Waals surface area contributed by atoms with Gasteiger partial charge in [-0.2, -0.15) is 0 Å². The molecule has 0 aromatic heterocycles. The van der Waals surface area contributed by atoms with Gasteiger partial charge < -0.3 is 10.5 Å². The Balaban J connectivity index is 2.17. The fourth-order valence-electron chi connectivity index (χ4n) is 2.09. The first-order chi connectivity index (χ1) is 8.72. The second kappa shape index (κ2) is 5.87. The fraction of sp³-hybridized carbons (Fsp3) is 0.375. The zero-order valence-corrected chi connectivity index (χ0v) is 11.1. The van der Waals surface area contributed by atoms with E-state index in [1.807, 2.05) is 6.07 Å². The summed E-state index contributed by atoms with van der Waals surface area (Å²) in [4.78, 5) is 0. The lowest BCUT2D eigenvalue weighted by Crippen LogP contribution is -2.11. The predicted molar refractivity (Wildman–Crippen MR) is 77.0 cm³/mol. The standard InChI is InChI=1S/C16H21NO/c1-12(11-17)3-4-13-5-6-15-10-16(18-2)8-7-14(15)9-13/h5-10,12H,3-4,11,17H2,1-2H3. The predicted octanol–water partition coefficient (Wildman–Crippen LogP) is 3.38. The molecule has 2 aromatic rings. The largest absolute Gasteiger partial charge is 0.497 e. The van der Waals surface area contributed by atoms with E-state index in [1.54, 1.807) is 7.11 Å². The van der Waals surface area contributed by atoms with Crippen LogP contribution in [0.2, 0.25) is 0 Å². The maximum Gasteiger partial charge on any atom is 0.119 e. The van der Waals surface area contributed by atoms with Crippen molar-refractivity contribution in [1.29, 1.82) is 0 Å². The molecule has 2 aromatic carbocycles. The van der Waals surface area contributed by atoms with Crippen LogP contribution < -0.4 is 10.5 Å². The minimum Gasteiger partial charge on any atom is -0.497 e. The van der Waals surface area contributed by atoms with Gasteiger partial charge in [0.25, 0.3) is 0 Å². The van der Waals surface area contributed by atoms with E-state index in [2.05, 4.69) is 37.3 Å². The summed E-state index contributed by atoms with van der Waals surface area (Å²) in [6.45, 7) is 2.97. The third-order valence-corrected chi connectivity index (χ3v) is 3.44. The van der Waals surface area contributed by atoms with Gasteiger partial charge in [-0.05, 0) is 53.8 Å². The van der Waals surface area contributed by atoms with Crippen molar-refractivity contribution in [2.45, 2.75) is 19.8 Å². The Kier molecular flexibility index (Phi) is 4.21. The highest BCUT2D eigenvalue weighted by atomic mass is 16.5. The molecular formula is C16H21NO. The minimum absolute atomic E-state index is 0.594. The lowest BCUT2D eigenvalue weighted by molar-refractivity contribution is 0.415. The maximum absolute atomic E-state index is 5.64. The van der Waals surface area contributed by atoms with Crippen molar-refractivity contribution in [3.05, 3.63) is 42.0 Å². The Bertz CT molecular complexity index is 521. The number of benzene rings is 2. The van der Waals surface area contributed by atoms with Gasteiger partial charge in [-0.25, -0.2) is 0 Å². The van der Waals surface area contributed by atoms with Crippen molar-refractivity contribution in [1.82, 2.24) is 0 Å². The van der Waals surface area contributed by atoms with Gasteiger partial charge in [0.05, 0.1) is 7.11 Å². The van der Waals surface area contributed by atoms with Gasteiger partial charge in [-0.1, -0.05) is 31.2 Å². The molecule has 0 bridgehead atoms.